The summed E-state index contributed by atoms with van der Waals surface area (Å²) >= 11 is 5.74. The maximum atomic E-state index is 11.5. The molecule has 0 unspecified atom stereocenters. The molecule has 110 valence electrons. The standard InChI is InChI=1S/C13H18ClN3O3/c1-2-3-13(11(19)20)4-5-17(8-10(13)18)12-15-6-9(14)7-16-12/h6-7,10,18H,2-5,8H2,1H3,(H,19,20)/t10-,13+/m1/s1. The summed E-state index contributed by atoms with van der Waals surface area (Å²) < 4.78 is 0. The zero-order chi connectivity index (χ0) is 14.8. The lowest BCUT2D eigenvalue weighted by molar-refractivity contribution is -0.159. The number of aliphatic hydroxyl groups excluding tert-OH is 1. The number of rotatable bonds is 4. The molecule has 0 amide bonds. The molecule has 7 heteroatoms. The molecule has 1 fully saturated rings. The number of hydrogen-bond acceptors (Lipinski definition) is 5. The largest absolute Gasteiger partial charge is 0.481 e. The van der Waals surface area contributed by atoms with Gasteiger partial charge < -0.3 is 15.1 Å². The van der Waals surface area contributed by atoms with E-state index in [0.29, 0.717) is 30.4 Å². The average Bonchev–Trinajstić information content (AvgIpc) is 2.42. The van der Waals surface area contributed by atoms with Gasteiger partial charge in [-0.25, -0.2) is 9.97 Å². The number of piperidine rings is 1. The fraction of sp³-hybridized carbons (Fsp3) is 0.615. The van der Waals surface area contributed by atoms with Crippen molar-refractivity contribution in [2.75, 3.05) is 18.0 Å². The third-order valence-electron chi connectivity index (χ3n) is 3.87. The van der Waals surface area contributed by atoms with Crippen molar-refractivity contribution in [2.45, 2.75) is 32.3 Å². The van der Waals surface area contributed by atoms with E-state index in [2.05, 4.69) is 9.97 Å². The summed E-state index contributed by atoms with van der Waals surface area (Å²) in [6.07, 6.45) is 3.61. The quantitative estimate of drug-likeness (QED) is 0.877. The highest BCUT2D eigenvalue weighted by atomic mass is 35.5. The van der Waals surface area contributed by atoms with Gasteiger partial charge in [0.15, 0.2) is 0 Å². The average molecular weight is 300 g/mol. The molecule has 2 N–H and O–H groups in total. The normalized spacial score (nSPS) is 26.6. The van der Waals surface area contributed by atoms with E-state index in [-0.39, 0.29) is 6.54 Å². The van der Waals surface area contributed by atoms with Gasteiger partial charge in [0.05, 0.1) is 28.9 Å². The van der Waals surface area contributed by atoms with Crippen LogP contribution < -0.4 is 4.90 Å². The Morgan fingerprint density at radius 1 is 1.55 bits per heavy atom. The molecule has 2 atom stereocenters. The van der Waals surface area contributed by atoms with E-state index in [4.69, 9.17) is 11.6 Å². The van der Waals surface area contributed by atoms with Gasteiger partial charge >= 0.3 is 5.97 Å². The lowest BCUT2D eigenvalue weighted by atomic mass is 9.73. The molecular weight excluding hydrogens is 282 g/mol. The van der Waals surface area contributed by atoms with Gasteiger partial charge in [0.25, 0.3) is 0 Å². The van der Waals surface area contributed by atoms with Gasteiger partial charge in [0, 0.05) is 13.1 Å². The molecule has 1 aromatic rings. The van der Waals surface area contributed by atoms with Gasteiger partial charge in [-0.15, -0.1) is 0 Å². The number of aliphatic carboxylic acids is 1. The first kappa shape index (κ1) is 15.0. The number of carboxylic acids is 1. The Morgan fingerprint density at radius 2 is 2.20 bits per heavy atom. The second-order valence-electron chi connectivity index (χ2n) is 5.12. The summed E-state index contributed by atoms with van der Waals surface area (Å²) in [6.45, 7) is 2.64. The minimum atomic E-state index is -1.06. The van der Waals surface area contributed by atoms with E-state index >= 15 is 0 Å². The number of halogens is 1. The van der Waals surface area contributed by atoms with Crippen LogP contribution in [-0.4, -0.2) is 45.3 Å². The van der Waals surface area contributed by atoms with Crippen molar-refractivity contribution >= 4 is 23.5 Å². The summed E-state index contributed by atoms with van der Waals surface area (Å²) in [5.41, 5.74) is -1.06. The minimum absolute atomic E-state index is 0.216. The van der Waals surface area contributed by atoms with Crippen molar-refractivity contribution in [1.82, 2.24) is 9.97 Å². The molecule has 2 rings (SSSR count). The Labute approximate surface area is 122 Å². The number of carboxylic acid groups (broad SMARTS) is 1. The predicted molar refractivity (Wildman–Crippen MR) is 74.9 cm³/mol. The summed E-state index contributed by atoms with van der Waals surface area (Å²) in [5, 5.41) is 20.2. The number of nitrogens with zero attached hydrogens (tertiary/aromatic N) is 3. The van der Waals surface area contributed by atoms with Gasteiger partial charge in [-0.2, -0.15) is 0 Å². The lowest BCUT2D eigenvalue weighted by Crippen LogP contribution is -2.55. The Morgan fingerprint density at radius 3 is 2.70 bits per heavy atom. The van der Waals surface area contributed by atoms with Crippen LogP contribution in [0.4, 0.5) is 5.95 Å². The highest BCUT2D eigenvalue weighted by molar-refractivity contribution is 6.30. The van der Waals surface area contributed by atoms with Crippen LogP contribution in [0.5, 0.6) is 0 Å². The van der Waals surface area contributed by atoms with Gasteiger partial charge in [-0.05, 0) is 12.8 Å². The van der Waals surface area contributed by atoms with Crippen molar-refractivity contribution in [3.05, 3.63) is 17.4 Å². The summed E-state index contributed by atoms with van der Waals surface area (Å²) in [4.78, 5) is 21.5. The zero-order valence-electron chi connectivity index (χ0n) is 11.3. The lowest BCUT2D eigenvalue weighted by Gasteiger charge is -2.42. The third-order valence-corrected chi connectivity index (χ3v) is 4.07. The topological polar surface area (TPSA) is 86.5 Å². The minimum Gasteiger partial charge on any atom is -0.481 e. The van der Waals surface area contributed by atoms with Crippen LogP contribution in [0.3, 0.4) is 0 Å². The summed E-state index contributed by atoms with van der Waals surface area (Å²) in [6, 6.07) is 0. The number of β-amino-alcohol motifs (C(OH)–C–C–N with tert-alkyl or cyclic N) is 1. The van der Waals surface area contributed by atoms with Crippen LogP contribution in [0, 0.1) is 5.41 Å². The zero-order valence-corrected chi connectivity index (χ0v) is 12.0. The first-order valence-electron chi connectivity index (χ1n) is 6.63. The van der Waals surface area contributed by atoms with E-state index in [1.807, 2.05) is 6.92 Å². The number of aromatic nitrogens is 2. The maximum Gasteiger partial charge on any atom is 0.312 e. The smallest absolute Gasteiger partial charge is 0.312 e. The van der Waals surface area contributed by atoms with Crippen LogP contribution in [-0.2, 0) is 4.79 Å². The first-order valence-corrected chi connectivity index (χ1v) is 7.01. The van der Waals surface area contributed by atoms with Crippen molar-refractivity contribution in [1.29, 1.82) is 0 Å². The molecule has 2 heterocycles. The molecule has 1 aromatic heterocycles. The Hall–Kier alpha value is -1.40. The molecule has 6 nitrogen and oxygen atoms in total. The van der Waals surface area contributed by atoms with Crippen LogP contribution in [0.25, 0.3) is 0 Å². The Balaban J connectivity index is 2.15. The van der Waals surface area contributed by atoms with E-state index in [0.717, 1.165) is 6.42 Å². The molecule has 0 bridgehead atoms. The molecule has 1 saturated heterocycles. The molecule has 0 radical (unpaired) electrons. The second-order valence-corrected chi connectivity index (χ2v) is 5.56. The van der Waals surface area contributed by atoms with Crippen LogP contribution >= 0.6 is 11.6 Å². The molecule has 0 spiro atoms. The van der Waals surface area contributed by atoms with Crippen molar-refractivity contribution < 1.29 is 15.0 Å². The van der Waals surface area contributed by atoms with Crippen LogP contribution in [0.1, 0.15) is 26.2 Å². The molecule has 1 aliphatic heterocycles. The molecule has 20 heavy (non-hydrogen) atoms. The fourth-order valence-corrected chi connectivity index (χ4v) is 2.82. The predicted octanol–water partition coefficient (Wildman–Crippen LogP) is 1.57. The summed E-state index contributed by atoms with van der Waals surface area (Å²) in [7, 11) is 0. The monoisotopic (exact) mass is 299 g/mol. The molecule has 0 aliphatic carbocycles. The maximum absolute atomic E-state index is 11.5. The van der Waals surface area contributed by atoms with Crippen molar-refractivity contribution in [3.63, 3.8) is 0 Å². The number of hydrogen-bond donors (Lipinski definition) is 2. The molecule has 0 aromatic carbocycles. The second kappa shape index (κ2) is 5.93. The van der Waals surface area contributed by atoms with E-state index in [1.54, 1.807) is 4.90 Å². The number of aliphatic hydroxyl groups is 1. The highest BCUT2D eigenvalue weighted by Crippen LogP contribution is 2.37. The van der Waals surface area contributed by atoms with E-state index in [9.17, 15) is 15.0 Å². The molecular formula is C13H18ClN3O3. The fourth-order valence-electron chi connectivity index (χ4n) is 2.72. The van der Waals surface area contributed by atoms with E-state index < -0.39 is 17.5 Å². The van der Waals surface area contributed by atoms with Crippen molar-refractivity contribution in [2.24, 2.45) is 5.41 Å². The third kappa shape index (κ3) is 2.71. The van der Waals surface area contributed by atoms with Crippen LogP contribution in [0.15, 0.2) is 12.4 Å². The SMILES string of the molecule is CCC[C@]1(C(=O)O)CCN(c2ncc(Cl)cn2)C[C@H]1O. The molecule has 0 saturated carbocycles. The van der Waals surface area contributed by atoms with Gasteiger partial charge in [0.2, 0.25) is 5.95 Å². The number of anilines is 1. The van der Waals surface area contributed by atoms with Crippen LogP contribution in [0.2, 0.25) is 5.02 Å². The van der Waals surface area contributed by atoms with Gasteiger partial charge in [-0.3, -0.25) is 4.79 Å². The summed E-state index contributed by atoms with van der Waals surface area (Å²) in [5.74, 6) is -0.465. The Bertz CT molecular complexity index is 482. The van der Waals surface area contributed by atoms with Gasteiger partial charge in [-0.1, -0.05) is 24.9 Å². The highest BCUT2D eigenvalue weighted by Gasteiger charge is 2.48. The first-order chi connectivity index (χ1) is 9.49. The van der Waals surface area contributed by atoms with Gasteiger partial charge in [0.1, 0.15) is 0 Å². The number of carbonyl (C=O) groups is 1. The van der Waals surface area contributed by atoms with E-state index in [1.165, 1.54) is 12.4 Å². The Kier molecular flexibility index (Phi) is 4.45. The van der Waals surface area contributed by atoms with Crippen molar-refractivity contribution in [3.8, 4) is 0 Å². The molecule has 1 aliphatic rings.